The number of carbonyl (C=O) groups excluding carboxylic acids is 2. The molecule has 0 bridgehead atoms. The molecule has 28 heavy (non-hydrogen) atoms. The monoisotopic (exact) mass is 389 g/mol. The Labute approximate surface area is 156 Å². The quantitative estimate of drug-likeness (QED) is 0.665. The number of nitrogens with one attached hydrogen (secondary N) is 1. The van der Waals surface area contributed by atoms with E-state index in [1.165, 1.54) is 18.5 Å². The second kappa shape index (κ2) is 7.78. The van der Waals surface area contributed by atoms with Crippen molar-refractivity contribution in [3.63, 3.8) is 0 Å². The fraction of sp³-hybridized carbons (Fsp3) is 0.118. The van der Waals surface area contributed by atoms with E-state index >= 15 is 0 Å². The van der Waals surface area contributed by atoms with E-state index in [0.29, 0.717) is 11.9 Å². The van der Waals surface area contributed by atoms with E-state index < -0.39 is 40.5 Å². The van der Waals surface area contributed by atoms with Gasteiger partial charge in [0.2, 0.25) is 0 Å². The van der Waals surface area contributed by atoms with Gasteiger partial charge in [-0.05, 0) is 18.2 Å². The Morgan fingerprint density at radius 2 is 1.96 bits per heavy atom. The van der Waals surface area contributed by atoms with Gasteiger partial charge in [-0.3, -0.25) is 9.36 Å². The van der Waals surface area contributed by atoms with Crippen molar-refractivity contribution in [3.05, 3.63) is 59.8 Å². The van der Waals surface area contributed by atoms with Gasteiger partial charge in [-0.2, -0.15) is 0 Å². The van der Waals surface area contributed by atoms with E-state index in [1.54, 1.807) is 17.0 Å². The zero-order valence-corrected chi connectivity index (χ0v) is 14.6. The summed E-state index contributed by atoms with van der Waals surface area (Å²) in [4.78, 5) is 28.1. The summed E-state index contributed by atoms with van der Waals surface area (Å²) in [6.07, 6.45) is 4.67. The lowest BCUT2D eigenvalue weighted by molar-refractivity contribution is 0.0600. The van der Waals surface area contributed by atoms with Crippen LogP contribution in [0.25, 0.3) is 5.82 Å². The summed E-state index contributed by atoms with van der Waals surface area (Å²) in [5.74, 6) is -4.66. The molecular formula is C17H13F2N5O4. The molecule has 1 amide bonds. The van der Waals surface area contributed by atoms with E-state index in [-0.39, 0.29) is 5.69 Å². The topological polar surface area (TPSA) is 108 Å². The maximum Gasteiger partial charge on any atom is 0.340 e. The van der Waals surface area contributed by atoms with Gasteiger partial charge in [-0.15, -0.1) is 10.2 Å². The molecule has 0 spiro atoms. The normalized spacial score (nSPS) is 10.4. The third-order valence-corrected chi connectivity index (χ3v) is 3.68. The molecule has 0 aliphatic carbocycles. The second-order valence-corrected chi connectivity index (χ2v) is 5.32. The summed E-state index contributed by atoms with van der Waals surface area (Å²) in [5.41, 5.74) is -1.28. The number of methoxy groups -OCH3 is 2. The Kier molecular flexibility index (Phi) is 5.25. The van der Waals surface area contributed by atoms with Gasteiger partial charge in [0.25, 0.3) is 5.91 Å². The van der Waals surface area contributed by atoms with Crippen LogP contribution in [0.15, 0.2) is 36.9 Å². The average Bonchev–Trinajstić information content (AvgIpc) is 3.24. The van der Waals surface area contributed by atoms with Crippen molar-refractivity contribution in [2.45, 2.75) is 0 Å². The van der Waals surface area contributed by atoms with Gasteiger partial charge in [0.15, 0.2) is 28.9 Å². The van der Waals surface area contributed by atoms with Gasteiger partial charge in [0.05, 0.1) is 25.5 Å². The van der Waals surface area contributed by atoms with Crippen LogP contribution in [0.3, 0.4) is 0 Å². The Morgan fingerprint density at radius 3 is 2.54 bits per heavy atom. The Hall–Kier alpha value is -3.89. The smallest absolute Gasteiger partial charge is 0.340 e. The number of amides is 1. The first-order valence-corrected chi connectivity index (χ1v) is 7.74. The molecule has 0 aliphatic heterocycles. The minimum Gasteiger partial charge on any atom is -0.491 e. The molecule has 2 heterocycles. The van der Waals surface area contributed by atoms with Gasteiger partial charge in [-0.1, -0.05) is 0 Å². The van der Waals surface area contributed by atoms with E-state index in [9.17, 15) is 18.4 Å². The number of imidazole rings is 1. The predicted octanol–water partition coefficient (Wildman–Crippen LogP) is 1.99. The zero-order valence-electron chi connectivity index (χ0n) is 14.6. The minimum absolute atomic E-state index is 0.164. The maximum absolute atomic E-state index is 14.6. The molecule has 9 nitrogen and oxygen atoms in total. The third kappa shape index (κ3) is 3.49. The van der Waals surface area contributed by atoms with E-state index in [4.69, 9.17) is 0 Å². The highest BCUT2D eigenvalue weighted by molar-refractivity contribution is 6.07. The number of nitrogens with zero attached hydrogens (tertiary/aromatic N) is 4. The highest BCUT2D eigenvalue weighted by Gasteiger charge is 2.26. The summed E-state index contributed by atoms with van der Waals surface area (Å²) in [5, 5.41) is 9.81. The Balaban J connectivity index is 1.94. The highest BCUT2D eigenvalue weighted by Crippen LogP contribution is 2.32. The van der Waals surface area contributed by atoms with Gasteiger partial charge in [0, 0.05) is 12.4 Å². The number of esters is 1. The lowest BCUT2D eigenvalue weighted by Gasteiger charge is -2.14. The molecule has 0 saturated carbocycles. The third-order valence-electron chi connectivity index (χ3n) is 3.68. The highest BCUT2D eigenvalue weighted by atomic mass is 19.1. The number of hydrogen-bond donors (Lipinski definition) is 1. The zero-order chi connectivity index (χ0) is 20.3. The standard InChI is InChI=1S/C17H13F2N5O4/c1-27-15-10(18)7-9(17(26)28-2)14(13(15)19)21-16(25)11-3-4-12(23-22-11)24-6-5-20-8-24/h3-8H,1-2H3,(H,21,25). The molecule has 0 fully saturated rings. The molecule has 11 heteroatoms. The summed E-state index contributed by atoms with van der Waals surface area (Å²) < 4.78 is 39.2. The maximum atomic E-state index is 14.6. The van der Waals surface area contributed by atoms with Crippen LogP contribution in [0.4, 0.5) is 14.5 Å². The van der Waals surface area contributed by atoms with Gasteiger partial charge in [-0.25, -0.2) is 18.6 Å². The summed E-state index contributed by atoms with van der Waals surface area (Å²) in [6, 6.07) is 3.54. The van der Waals surface area contributed by atoms with Crippen molar-refractivity contribution < 1.29 is 27.8 Å². The fourth-order valence-electron chi connectivity index (χ4n) is 2.34. The van der Waals surface area contributed by atoms with Crippen molar-refractivity contribution in [3.8, 4) is 11.6 Å². The number of aromatic nitrogens is 4. The number of ether oxygens (including phenoxy) is 2. The molecule has 0 unspecified atom stereocenters. The predicted molar refractivity (Wildman–Crippen MR) is 91.4 cm³/mol. The van der Waals surface area contributed by atoms with Gasteiger partial charge in [0.1, 0.15) is 6.33 Å². The first-order chi connectivity index (χ1) is 13.5. The van der Waals surface area contributed by atoms with Crippen LogP contribution in [-0.2, 0) is 4.74 Å². The van der Waals surface area contributed by atoms with Crippen molar-refractivity contribution in [2.75, 3.05) is 19.5 Å². The van der Waals surface area contributed by atoms with Crippen LogP contribution in [0.5, 0.6) is 5.75 Å². The van der Waals surface area contributed by atoms with Crippen molar-refractivity contribution >= 4 is 17.6 Å². The molecule has 0 aliphatic rings. The van der Waals surface area contributed by atoms with Crippen LogP contribution in [0, 0.1) is 11.6 Å². The number of halogens is 2. The Morgan fingerprint density at radius 1 is 1.18 bits per heavy atom. The first kappa shape index (κ1) is 18.9. The molecule has 3 aromatic rings. The molecule has 3 rings (SSSR count). The van der Waals surface area contributed by atoms with Crippen LogP contribution in [0.2, 0.25) is 0 Å². The molecule has 1 aromatic carbocycles. The number of anilines is 1. The summed E-state index contributed by atoms with van der Waals surface area (Å²) >= 11 is 0. The summed E-state index contributed by atoms with van der Waals surface area (Å²) in [7, 11) is 2.08. The Bertz CT molecular complexity index is 1020. The molecule has 0 radical (unpaired) electrons. The summed E-state index contributed by atoms with van der Waals surface area (Å²) in [6.45, 7) is 0. The van der Waals surface area contributed by atoms with Crippen LogP contribution in [0.1, 0.15) is 20.8 Å². The van der Waals surface area contributed by atoms with E-state index in [1.807, 2.05) is 0 Å². The van der Waals surface area contributed by atoms with E-state index in [2.05, 4.69) is 30.0 Å². The number of rotatable bonds is 5. The van der Waals surface area contributed by atoms with Crippen LogP contribution in [-0.4, -0.2) is 45.8 Å². The SMILES string of the molecule is COC(=O)c1cc(F)c(OC)c(F)c1NC(=O)c1ccc(-n2ccnc2)nn1. The van der Waals surface area contributed by atoms with Gasteiger partial charge < -0.3 is 14.8 Å². The number of carbonyl (C=O) groups is 2. The van der Waals surface area contributed by atoms with Crippen molar-refractivity contribution in [1.82, 2.24) is 19.7 Å². The van der Waals surface area contributed by atoms with Crippen molar-refractivity contribution in [2.24, 2.45) is 0 Å². The number of hydrogen-bond acceptors (Lipinski definition) is 7. The first-order valence-electron chi connectivity index (χ1n) is 7.74. The van der Waals surface area contributed by atoms with Crippen LogP contribution >= 0.6 is 0 Å². The molecule has 0 saturated heterocycles. The van der Waals surface area contributed by atoms with Gasteiger partial charge >= 0.3 is 5.97 Å². The molecule has 0 atom stereocenters. The lowest BCUT2D eigenvalue weighted by Crippen LogP contribution is -2.19. The second-order valence-electron chi connectivity index (χ2n) is 5.32. The lowest BCUT2D eigenvalue weighted by atomic mass is 10.1. The van der Waals surface area contributed by atoms with Crippen LogP contribution < -0.4 is 10.1 Å². The van der Waals surface area contributed by atoms with E-state index in [0.717, 1.165) is 14.2 Å². The van der Waals surface area contributed by atoms with Crippen molar-refractivity contribution in [1.29, 1.82) is 0 Å². The molecule has 2 aromatic heterocycles. The largest absolute Gasteiger partial charge is 0.491 e. The molecular weight excluding hydrogens is 376 g/mol. The number of benzene rings is 1. The minimum atomic E-state index is -1.26. The molecule has 1 N–H and O–H groups in total. The average molecular weight is 389 g/mol. The molecule has 144 valence electrons. The fourth-order valence-corrected chi connectivity index (χ4v) is 2.34.